The molecule has 0 unspecified atom stereocenters. The molecule has 5 heteroatoms. The van der Waals surface area contributed by atoms with Crippen molar-refractivity contribution in [2.24, 2.45) is 5.92 Å². The summed E-state index contributed by atoms with van der Waals surface area (Å²) in [5.41, 5.74) is 5.65. The summed E-state index contributed by atoms with van der Waals surface area (Å²) in [6, 6.07) is 0. The average molecular weight is 271 g/mol. The lowest BCUT2D eigenvalue weighted by atomic mass is 9.83. The second kappa shape index (κ2) is 4.79. The van der Waals surface area contributed by atoms with Gasteiger partial charge in [-0.3, -0.25) is 0 Å². The molecule has 1 aromatic heterocycles. The Morgan fingerprint density at radius 3 is 2.93 bits per heavy atom. The number of nitrogens with zero attached hydrogens (tertiary/aromatic N) is 2. The van der Waals surface area contributed by atoms with Crippen LogP contribution in [0, 0.1) is 5.92 Å². The van der Waals surface area contributed by atoms with Crippen molar-refractivity contribution in [3.05, 3.63) is 10.8 Å². The number of hydrogen-bond acceptors (Lipinski definition) is 4. The lowest BCUT2D eigenvalue weighted by Crippen LogP contribution is -2.16. The van der Waals surface area contributed by atoms with Crippen molar-refractivity contribution in [3.63, 3.8) is 0 Å². The van der Waals surface area contributed by atoms with E-state index in [0.717, 1.165) is 22.8 Å². The summed E-state index contributed by atoms with van der Waals surface area (Å²) >= 11 is 3.37. The van der Waals surface area contributed by atoms with E-state index < -0.39 is 0 Å². The first-order valence-electron chi connectivity index (χ1n) is 5.27. The largest absolute Gasteiger partial charge is 0.383 e. The molecular formula is C10H15BrN4. The summed E-state index contributed by atoms with van der Waals surface area (Å²) in [7, 11) is 0. The monoisotopic (exact) mass is 270 g/mol. The van der Waals surface area contributed by atoms with Crippen LogP contribution >= 0.6 is 15.9 Å². The van der Waals surface area contributed by atoms with Gasteiger partial charge in [0.05, 0.1) is 0 Å². The molecule has 0 saturated heterocycles. The van der Waals surface area contributed by atoms with Crippen LogP contribution in [-0.4, -0.2) is 16.5 Å². The molecule has 0 spiro atoms. The highest BCUT2D eigenvalue weighted by Crippen LogP contribution is 2.29. The lowest BCUT2D eigenvalue weighted by molar-refractivity contribution is 0.303. The molecule has 4 nitrogen and oxygen atoms in total. The molecule has 1 fully saturated rings. The van der Waals surface area contributed by atoms with Crippen molar-refractivity contribution < 1.29 is 0 Å². The molecule has 82 valence electrons. The van der Waals surface area contributed by atoms with E-state index in [1.165, 1.54) is 32.0 Å². The number of hydrogen-bond donors (Lipinski definition) is 2. The minimum absolute atomic E-state index is 0.483. The molecule has 3 N–H and O–H groups in total. The topological polar surface area (TPSA) is 63.8 Å². The van der Waals surface area contributed by atoms with Crippen LogP contribution < -0.4 is 11.1 Å². The Kier molecular flexibility index (Phi) is 3.41. The highest BCUT2D eigenvalue weighted by molar-refractivity contribution is 9.10. The first-order chi connectivity index (χ1) is 7.27. The molecule has 0 aromatic carbocycles. The van der Waals surface area contributed by atoms with E-state index >= 15 is 0 Å². The van der Waals surface area contributed by atoms with E-state index in [0.29, 0.717) is 5.82 Å². The van der Waals surface area contributed by atoms with E-state index in [1.54, 1.807) is 0 Å². The molecule has 0 bridgehead atoms. The summed E-state index contributed by atoms with van der Waals surface area (Å²) in [5, 5.41) is 3.27. The first-order valence-corrected chi connectivity index (χ1v) is 6.06. The van der Waals surface area contributed by atoms with E-state index in [2.05, 4.69) is 31.2 Å². The van der Waals surface area contributed by atoms with Crippen molar-refractivity contribution in [1.29, 1.82) is 0 Å². The van der Waals surface area contributed by atoms with Crippen molar-refractivity contribution in [3.8, 4) is 0 Å². The third-order valence-electron chi connectivity index (χ3n) is 2.89. The summed E-state index contributed by atoms with van der Waals surface area (Å²) in [5.74, 6) is 2.19. The third kappa shape index (κ3) is 2.59. The predicted octanol–water partition coefficient (Wildman–Crippen LogP) is 2.42. The number of nitrogens with one attached hydrogen (secondary N) is 1. The Labute approximate surface area is 97.8 Å². The van der Waals surface area contributed by atoms with Crippen LogP contribution in [-0.2, 0) is 0 Å². The number of aromatic nitrogens is 2. The zero-order valence-corrected chi connectivity index (χ0v) is 10.1. The molecule has 2 rings (SSSR count). The van der Waals surface area contributed by atoms with Gasteiger partial charge < -0.3 is 11.1 Å². The van der Waals surface area contributed by atoms with E-state index in [1.807, 2.05) is 0 Å². The minimum atomic E-state index is 0.483. The SMILES string of the molecule is Nc1ncnc(NCCC2CCC2)c1Br. The second-order valence-electron chi connectivity index (χ2n) is 3.93. The Morgan fingerprint density at radius 2 is 2.27 bits per heavy atom. The van der Waals surface area contributed by atoms with Crippen LogP contribution in [0.1, 0.15) is 25.7 Å². The highest BCUT2D eigenvalue weighted by Gasteiger charge is 2.16. The van der Waals surface area contributed by atoms with Crippen molar-refractivity contribution in [1.82, 2.24) is 9.97 Å². The zero-order chi connectivity index (χ0) is 10.7. The summed E-state index contributed by atoms with van der Waals surface area (Å²) in [6.45, 7) is 0.958. The number of anilines is 2. The maximum atomic E-state index is 5.65. The Hall–Kier alpha value is -0.840. The Morgan fingerprint density at radius 1 is 1.47 bits per heavy atom. The molecule has 1 saturated carbocycles. The fourth-order valence-electron chi connectivity index (χ4n) is 1.68. The summed E-state index contributed by atoms with van der Waals surface area (Å²) in [6.07, 6.45) is 6.86. The molecule has 0 amide bonds. The molecule has 1 aromatic rings. The normalized spacial score (nSPS) is 16.1. The first kappa shape index (κ1) is 10.7. The fourth-order valence-corrected chi connectivity index (χ4v) is 2.03. The molecule has 1 aliphatic rings. The summed E-state index contributed by atoms with van der Waals surface area (Å²) < 4.78 is 0.763. The standard InChI is InChI=1S/C10H15BrN4/c11-8-9(12)14-6-15-10(8)13-5-4-7-2-1-3-7/h6-7H,1-5H2,(H3,12,13,14,15). The predicted molar refractivity (Wildman–Crippen MR) is 64.6 cm³/mol. The van der Waals surface area contributed by atoms with Gasteiger partial charge in [0.2, 0.25) is 0 Å². The number of rotatable bonds is 4. The minimum Gasteiger partial charge on any atom is -0.383 e. The molecule has 0 aliphatic heterocycles. The van der Waals surface area contributed by atoms with Gasteiger partial charge in [-0.25, -0.2) is 9.97 Å². The van der Waals surface area contributed by atoms with Gasteiger partial charge in [0, 0.05) is 6.54 Å². The van der Waals surface area contributed by atoms with Crippen molar-refractivity contribution >= 4 is 27.6 Å². The maximum Gasteiger partial charge on any atom is 0.145 e. The second-order valence-corrected chi connectivity index (χ2v) is 4.73. The molecule has 0 atom stereocenters. The van der Waals surface area contributed by atoms with Crippen LogP contribution in [0.2, 0.25) is 0 Å². The quantitative estimate of drug-likeness (QED) is 0.882. The van der Waals surface area contributed by atoms with Crippen LogP contribution in [0.3, 0.4) is 0 Å². The molecule has 15 heavy (non-hydrogen) atoms. The Balaban J connectivity index is 1.84. The maximum absolute atomic E-state index is 5.65. The van der Waals surface area contributed by atoms with Gasteiger partial charge in [0.1, 0.15) is 22.4 Å². The fraction of sp³-hybridized carbons (Fsp3) is 0.600. The van der Waals surface area contributed by atoms with Gasteiger partial charge in [-0.1, -0.05) is 19.3 Å². The number of nitrogen functional groups attached to an aromatic ring is 1. The molecule has 1 heterocycles. The lowest BCUT2D eigenvalue weighted by Gasteiger charge is -2.25. The van der Waals surface area contributed by atoms with Crippen LogP contribution in [0.5, 0.6) is 0 Å². The Bertz CT molecular complexity index is 338. The molecular weight excluding hydrogens is 256 g/mol. The van der Waals surface area contributed by atoms with Crippen LogP contribution in [0.4, 0.5) is 11.6 Å². The highest BCUT2D eigenvalue weighted by atomic mass is 79.9. The number of halogens is 1. The zero-order valence-electron chi connectivity index (χ0n) is 8.54. The van der Waals surface area contributed by atoms with Gasteiger partial charge >= 0.3 is 0 Å². The van der Waals surface area contributed by atoms with Crippen molar-refractivity contribution in [2.75, 3.05) is 17.6 Å². The van der Waals surface area contributed by atoms with Gasteiger partial charge in [-0.05, 0) is 28.3 Å². The van der Waals surface area contributed by atoms with E-state index in [4.69, 9.17) is 5.73 Å². The molecule has 1 aliphatic carbocycles. The smallest absolute Gasteiger partial charge is 0.145 e. The van der Waals surface area contributed by atoms with Gasteiger partial charge in [0.25, 0.3) is 0 Å². The van der Waals surface area contributed by atoms with E-state index in [-0.39, 0.29) is 0 Å². The third-order valence-corrected chi connectivity index (χ3v) is 3.67. The van der Waals surface area contributed by atoms with Gasteiger partial charge in [0.15, 0.2) is 0 Å². The van der Waals surface area contributed by atoms with Gasteiger partial charge in [-0.2, -0.15) is 0 Å². The average Bonchev–Trinajstić information content (AvgIpc) is 2.16. The number of nitrogens with two attached hydrogens (primary N) is 1. The van der Waals surface area contributed by atoms with Crippen LogP contribution in [0.15, 0.2) is 10.8 Å². The van der Waals surface area contributed by atoms with E-state index in [9.17, 15) is 0 Å². The summed E-state index contributed by atoms with van der Waals surface area (Å²) in [4.78, 5) is 8.02. The molecule has 0 radical (unpaired) electrons. The van der Waals surface area contributed by atoms with Crippen molar-refractivity contribution in [2.45, 2.75) is 25.7 Å². The van der Waals surface area contributed by atoms with Gasteiger partial charge in [-0.15, -0.1) is 0 Å². The van der Waals surface area contributed by atoms with Crippen LogP contribution in [0.25, 0.3) is 0 Å².